The van der Waals surface area contributed by atoms with Crippen molar-refractivity contribution in [2.45, 2.75) is 219 Å². The lowest BCUT2D eigenvalue weighted by atomic mass is 10.0. The molecule has 0 amide bonds. The molecule has 0 spiro atoms. The van der Waals surface area contributed by atoms with Gasteiger partial charge in [-0.2, -0.15) is 0 Å². The molecule has 0 aromatic rings. The summed E-state index contributed by atoms with van der Waals surface area (Å²) in [5.41, 5.74) is 0. The Morgan fingerprint density at radius 3 is 0.595 bits per heavy atom. The Kier molecular flexibility index (Phi) is 49.2. The average molecular weight is 684 g/mol. The van der Waals surface area contributed by atoms with E-state index >= 15 is 0 Å². The van der Waals surface area contributed by atoms with Crippen LogP contribution in [0, 0.1) is 0 Å². The molecule has 0 heterocycles. The zero-order chi connectivity index (χ0) is 28.5. The lowest BCUT2D eigenvalue weighted by Gasteiger charge is -2.30. The van der Waals surface area contributed by atoms with Crippen LogP contribution in [0.1, 0.15) is 219 Å². The van der Waals surface area contributed by atoms with Crippen molar-refractivity contribution < 1.29 is 33.9 Å². The van der Waals surface area contributed by atoms with Gasteiger partial charge in [-0.05, 0) is 25.7 Å². The SMILES string of the molecule is CCCCCCCCCCCCCCCCCC[N+](C)(C)CCCCCCCCCCCCCCCCCC.[Br-].[Cl-].[NH4+]. The van der Waals surface area contributed by atoms with Gasteiger partial charge in [0.05, 0.1) is 27.2 Å². The normalized spacial score (nSPS) is 11.1. The third kappa shape index (κ3) is 42.8. The van der Waals surface area contributed by atoms with Crippen LogP contribution >= 0.6 is 0 Å². The highest BCUT2D eigenvalue weighted by Gasteiger charge is 2.13. The lowest BCUT2D eigenvalue weighted by molar-refractivity contribution is -0.890. The summed E-state index contributed by atoms with van der Waals surface area (Å²) >= 11 is 0. The minimum Gasteiger partial charge on any atom is -1.00 e. The van der Waals surface area contributed by atoms with Crippen molar-refractivity contribution in [2.24, 2.45) is 0 Å². The van der Waals surface area contributed by atoms with Gasteiger partial charge in [0.1, 0.15) is 0 Å². The highest BCUT2D eigenvalue weighted by atomic mass is 79.9. The van der Waals surface area contributed by atoms with Crippen LogP contribution < -0.4 is 35.5 Å². The molecule has 0 saturated carbocycles. The zero-order valence-electron chi connectivity index (χ0n) is 30.2. The summed E-state index contributed by atoms with van der Waals surface area (Å²) in [4.78, 5) is 0. The molecule has 0 aromatic carbocycles. The molecule has 4 heteroatoms. The van der Waals surface area contributed by atoms with Gasteiger partial charge in [-0.15, -0.1) is 0 Å². The number of halogens is 2. The second kappa shape index (κ2) is 41.7. The number of hydrogen-bond acceptors (Lipinski definition) is 0. The Bertz CT molecular complexity index is 409. The third-order valence-electron chi connectivity index (χ3n) is 9.23. The number of rotatable bonds is 34. The average Bonchev–Trinajstić information content (AvgIpc) is 2.92. The quantitative estimate of drug-likeness (QED) is 0.0528. The van der Waals surface area contributed by atoms with E-state index in [1.54, 1.807) is 0 Å². The van der Waals surface area contributed by atoms with E-state index in [0.717, 1.165) is 0 Å². The van der Waals surface area contributed by atoms with Crippen LogP contribution in [-0.2, 0) is 0 Å². The molecule has 0 aromatic heterocycles. The van der Waals surface area contributed by atoms with E-state index in [1.807, 2.05) is 0 Å². The summed E-state index contributed by atoms with van der Waals surface area (Å²) in [6.45, 7) is 7.39. The first kappa shape index (κ1) is 49.6. The molecule has 0 unspecified atom stereocenters. The summed E-state index contributed by atoms with van der Waals surface area (Å²) in [5.74, 6) is 0. The topological polar surface area (TPSA) is 36.5 Å². The van der Waals surface area contributed by atoms with Crippen molar-refractivity contribution in [1.82, 2.24) is 6.15 Å². The number of unbranched alkanes of at least 4 members (excludes halogenated alkanes) is 30. The van der Waals surface area contributed by atoms with Crippen LogP contribution in [0.25, 0.3) is 0 Å². The summed E-state index contributed by atoms with van der Waals surface area (Å²) < 4.78 is 1.25. The standard InChI is InChI=1S/C38H80N.BrH.ClH.H3N/c1-5-7-9-11-13-15-17-19-21-23-25-27-29-31-33-35-37-39(3,4)38-36-34-32-30-28-26-24-22-20-18-16-14-12-10-8-6-2;;;/h5-38H2,1-4H3;2*1H;1H3/q+1;;;/p-1. The largest absolute Gasteiger partial charge is 1.00 e. The monoisotopic (exact) mass is 683 g/mol. The van der Waals surface area contributed by atoms with Crippen LogP contribution in [0.2, 0.25) is 0 Å². The maximum atomic E-state index is 2.47. The number of quaternary nitrogens is 2. The zero-order valence-corrected chi connectivity index (χ0v) is 32.6. The van der Waals surface area contributed by atoms with Crippen molar-refractivity contribution in [2.75, 3.05) is 27.2 Å². The van der Waals surface area contributed by atoms with Crippen LogP contribution in [0.3, 0.4) is 0 Å². The molecule has 0 radical (unpaired) electrons. The van der Waals surface area contributed by atoms with E-state index in [4.69, 9.17) is 0 Å². The molecule has 0 saturated heterocycles. The fraction of sp³-hybridized carbons (Fsp3) is 1.00. The van der Waals surface area contributed by atoms with Gasteiger partial charge >= 0.3 is 0 Å². The molecule has 260 valence electrons. The van der Waals surface area contributed by atoms with E-state index in [9.17, 15) is 0 Å². The summed E-state index contributed by atoms with van der Waals surface area (Å²) in [7, 11) is 4.94. The highest BCUT2D eigenvalue weighted by molar-refractivity contribution is 4.52. The molecule has 2 nitrogen and oxygen atoms in total. The molecule has 0 aliphatic carbocycles. The summed E-state index contributed by atoms with van der Waals surface area (Å²) in [5, 5.41) is 0. The van der Waals surface area contributed by atoms with Crippen molar-refractivity contribution in [3.8, 4) is 0 Å². The van der Waals surface area contributed by atoms with Gasteiger partial charge in [-0.3, -0.25) is 0 Å². The van der Waals surface area contributed by atoms with Gasteiger partial charge < -0.3 is 40.0 Å². The fourth-order valence-electron chi connectivity index (χ4n) is 6.29. The number of nitrogens with zero attached hydrogens (tertiary/aromatic N) is 1. The Morgan fingerprint density at radius 2 is 0.429 bits per heavy atom. The Hall–Kier alpha value is 0.690. The molecule has 0 atom stereocenters. The van der Waals surface area contributed by atoms with Gasteiger partial charge in [0.2, 0.25) is 0 Å². The molecule has 0 bridgehead atoms. The Balaban J connectivity index is -0.00000241. The summed E-state index contributed by atoms with van der Waals surface area (Å²) in [6, 6.07) is 0. The Labute approximate surface area is 285 Å². The lowest BCUT2D eigenvalue weighted by Crippen LogP contribution is -3.00. The smallest absolute Gasteiger partial charge is 0.0782 e. The van der Waals surface area contributed by atoms with E-state index in [-0.39, 0.29) is 35.5 Å². The first-order valence-corrected chi connectivity index (χ1v) is 18.9. The molecular weight excluding hydrogens is 600 g/mol. The van der Waals surface area contributed by atoms with E-state index in [0.29, 0.717) is 0 Å². The second-order valence-corrected chi connectivity index (χ2v) is 14.0. The Morgan fingerprint density at radius 1 is 0.286 bits per heavy atom. The van der Waals surface area contributed by atoms with Gasteiger partial charge in [-0.1, -0.05) is 194 Å². The fourth-order valence-corrected chi connectivity index (χ4v) is 6.29. The highest BCUT2D eigenvalue weighted by Crippen LogP contribution is 2.16. The number of hydrogen-bond donors (Lipinski definition) is 1. The van der Waals surface area contributed by atoms with Crippen LogP contribution in [-0.4, -0.2) is 31.7 Å². The van der Waals surface area contributed by atoms with Crippen molar-refractivity contribution in [3.05, 3.63) is 0 Å². The van der Waals surface area contributed by atoms with Crippen LogP contribution in [0.15, 0.2) is 0 Å². The van der Waals surface area contributed by atoms with E-state index in [1.165, 1.54) is 223 Å². The van der Waals surface area contributed by atoms with Crippen molar-refractivity contribution in [3.63, 3.8) is 0 Å². The van der Waals surface area contributed by atoms with E-state index in [2.05, 4.69) is 27.9 Å². The van der Waals surface area contributed by atoms with Crippen LogP contribution in [0.5, 0.6) is 0 Å². The maximum absolute atomic E-state index is 2.47. The molecule has 42 heavy (non-hydrogen) atoms. The molecule has 4 N–H and O–H groups in total. The van der Waals surface area contributed by atoms with Gasteiger partial charge in [0.15, 0.2) is 0 Å². The van der Waals surface area contributed by atoms with Gasteiger partial charge in [0, 0.05) is 0 Å². The van der Waals surface area contributed by atoms with Gasteiger partial charge in [-0.25, -0.2) is 0 Å². The van der Waals surface area contributed by atoms with Crippen molar-refractivity contribution >= 4 is 0 Å². The second-order valence-electron chi connectivity index (χ2n) is 14.0. The maximum Gasteiger partial charge on any atom is 0.0782 e. The predicted octanol–water partition coefficient (Wildman–Crippen LogP) is 7.97. The third-order valence-corrected chi connectivity index (χ3v) is 9.23. The van der Waals surface area contributed by atoms with Crippen LogP contribution in [0.4, 0.5) is 0 Å². The minimum atomic E-state index is 0. The molecule has 0 aliphatic rings. The minimum absolute atomic E-state index is 0. The molecular formula is C38H84BrClN2. The van der Waals surface area contributed by atoms with Gasteiger partial charge in [0.25, 0.3) is 0 Å². The molecule has 0 fully saturated rings. The van der Waals surface area contributed by atoms with E-state index < -0.39 is 0 Å². The first-order chi connectivity index (χ1) is 19.1. The molecule has 0 aliphatic heterocycles. The first-order valence-electron chi connectivity index (χ1n) is 18.9. The predicted molar refractivity (Wildman–Crippen MR) is 187 cm³/mol. The van der Waals surface area contributed by atoms with Crippen molar-refractivity contribution in [1.29, 1.82) is 0 Å². The molecule has 0 rings (SSSR count). The summed E-state index contributed by atoms with van der Waals surface area (Å²) in [6.07, 6.45) is 46.9.